The van der Waals surface area contributed by atoms with Crippen LogP contribution in [0.1, 0.15) is 331 Å². The van der Waals surface area contributed by atoms with E-state index in [1.807, 2.05) is 0 Å². The SMILES string of the molecule is CCC(C)CCCCCCCCCCCCC(=O)O[C@H](COC(=O)CCCCCCCCC(C)C)COP(=O)(O)OC[C@@H](O)COP(=O)(O)OC[C@@H](COC(=O)CCCCCCCCC(C)CC)OC(=O)CCCCCCCCCCCCC(C)CC. The Morgan fingerprint density at radius 2 is 0.552 bits per heavy atom. The number of hydrogen-bond donors (Lipinski definition) is 3. The van der Waals surface area contributed by atoms with Crippen LogP contribution in [-0.2, 0) is 65.4 Å². The van der Waals surface area contributed by atoms with Crippen LogP contribution in [0.3, 0.4) is 0 Å². The first-order valence-electron chi connectivity index (χ1n) is 35.3. The van der Waals surface area contributed by atoms with Crippen LogP contribution >= 0.6 is 15.6 Å². The van der Waals surface area contributed by atoms with Crippen LogP contribution < -0.4 is 0 Å². The van der Waals surface area contributed by atoms with E-state index >= 15 is 0 Å². The number of hydrogen-bond acceptors (Lipinski definition) is 15. The van der Waals surface area contributed by atoms with Gasteiger partial charge < -0.3 is 33.8 Å². The van der Waals surface area contributed by atoms with Gasteiger partial charge in [0.2, 0.25) is 0 Å². The average molecular weight is 1280 g/mol. The van der Waals surface area contributed by atoms with Crippen molar-refractivity contribution in [1.29, 1.82) is 0 Å². The number of aliphatic hydroxyl groups is 1. The minimum Gasteiger partial charge on any atom is -0.462 e. The number of unbranched alkanes of at least 4 members (excludes halogenated alkanes) is 28. The third-order valence-electron chi connectivity index (χ3n) is 16.7. The lowest BCUT2D eigenvalue weighted by Gasteiger charge is -2.21. The predicted octanol–water partition coefficient (Wildman–Crippen LogP) is 18.9. The van der Waals surface area contributed by atoms with Crippen molar-refractivity contribution in [3.63, 3.8) is 0 Å². The molecule has 0 aliphatic rings. The monoisotopic (exact) mass is 1280 g/mol. The fourth-order valence-corrected chi connectivity index (χ4v) is 11.6. The molecule has 3 N–H and O–H groups in total. The largest absolute Gasteiger partial charge is 0.472 e. The molecule has 0 aliphatic carbocycles. The van der Waals surface area contributed by atoms with Crippen LogP contribution in [0.25, 0.3) is 0 Å². The highest BCUT2D eigenvalue weighted by atomic mass is 31.2. The van der Waals surface area contributed by atoms with Crippen LogP contribution in [0.5, 0.6) is 0 Å². The molecule has 87 heavy (non-hydrogen) atoms. The molecule has 0 amide bonds. The zero-order valence-corrected chi connectivity index (χ0v) is 58.4. The summed E-state index contributed by atoms with van der Waals surface area (Å²) in [7, 11) is -9.90. The molecule has 19 heteroatoms. The Morgan fingerprint density at radius 3 is 0.816 bits per heavy atom. The number of esters is 4. The van der Waals surface area contributed by atoms with Gasteiger partial charge in [0.15, 0.2) is 12.2 Å². The van der Waals surface area contributed by atoms with E-state index in [2.05, 4.69) is 55.4 Å². The maximum atomic E-state index is 13.0. The Bertz CT molecular complexity index is 1740. The van der Waals surface area contributed by atoms with Crippen molar-refractivity contribution in [3.05, 3.63) is 0 Å². The van der Waals surface area contributed by atoms with Gasteiger partial charge in [-0.15, -0.1) is 0 Å². The van der Waals surface area contributed by atoms with E-state index in [0.717, 1.165) is 120 Å². The van der Waals surface area contributed by atoms with E-state index in [1.165, 1.54) is 122 Å². The molecule has 0 aromatic heterocycles. The van der Waals surface area contributed by atoms with Gasteiger partial charge in [-0.3, -0.25) is 37.3 Å². The van der Waals surface area contributed by atoms with Gasteiger partial charge in [-0.2, -0.15) is 0 Å². The molecule has 0 aromatic rings. The van der Waals surface area contributed by atoms with Gasteiger partial charge in [0, 0.05) is 25.7 Å². The van der Waals surface area contributed by atoms with Gasteiger partial charge in [0.05, 0.1) is 26.4 Å². The molecule has 17 nitrogen and oxygen atoms in total. The lowest BCUT2D eigenvalue weighted by atomic mass is 9.99. The molecular formula is C68H132O17P2. The fraction of sp³-hybridized carbons (Fsp3) is 0.941. The Kier molecular flexibility index (Phi) is 56.6. The normalized spacial score (nSPS) is 15.3. The van der Waals surface area contributed by atoms with Crippen molar-refractivity contribution in [2.75, 3.05) is 39.6 Å². The molecule has 0 heterocycles. The molecule has 0 spiro atoms. The highest BCUT2D eigenvalue weighted by molar-refractivity contribution is 7.47. The molecule has 0 saturated carbocycles. The number of carbonyl (C=O) groups is 4. The lowest BCUT2D eigenvalue weighted by molar-refractivity contribution is -0.161. The zero-order chi connectivity index (χ0) is 64.7. The third kappa shape index (κ3) is 58.9. The van der Waals surface area contributed by atoms with Gasteiger partial charge in [-0.25, -0.2) is 9.13 Å². The second-order valence-corrected chi connectivity index (χ2v) is 28.7. The van der Waals surface area contributed by atoms with Crippen LogP contribution in [-0.4, -0.2) is 96.7 Å². The Hall–Kier alpha value is -1.94. The fourth-order valence-electron chi connectivity index (χ4n) is 10.0. The molecule has 0 fully saturated rings. The molecule has 0 saturated heterocycles. The van der Waals surface area contributed by atoms with Crippen molar-refractivity contribution in [2.45, 2.75) is 350 Å². The second-order valence-electron chi connectivity index (χ2n) is 25.8. The zero-order valence-electron chi connectivity index (χ0n) is 56.6. The highest BCUT2D eigenvalue weighted by Crippen LogP contribution is 2.45. The summed E-state index contributed by atoms with van der Waals surface area (Å²) >= 11 is 0. The van der Waals surface area contributed by atoms with Gasteiger partial charge in [0.25, 0.3) is 0 Å². The van der Waals surface area contributed by atoms with Crippen molar-refractivity contribution in [1.82, 2.24) is 0 Å². The molecule has 0 bridgehead atoms. The van der Waals surface area contributed by atoms with Gasteiger partial charge in [0.1, 0.15) is 19.3 Å². The summed E-state index contributed by atoms with van der Waals surface area (Å²) in [6, 6.07) is 0. The Balaban J connectivity index is 5.26. The van der Waals surface area contributed by atoms with Gasteiger partial charge >= 0.3 is 39.5 Å². The summed E-state index contributed by atoms with van der Waals surface area (Å²) in [5, 5.41) is 10.6. The van der Waals surface area contributed by atoms with Crippen molar-refractivity contribution in [2.24, 2.45) is 23.7 Å². The quantitative estimate of drug-likeness (QED) is 0.0222. The summed E-state index contributed by atoms with van der Waals surface area (Å²) in [6.45, 7) is 14.1. The van der Waals surface area contributed by atoms with Crippen LogP contribution in [0.4, 0.5) is 0 Å². The van der Waals surface area contributed by atoms with E-state index in [0.29, 0.717) is 31.6 Å². The number of carbonyl (C=O) groups excluding carboxylic acids is 4. The molecule has 0 radical (unpaired) electrons. The minimum absolute atomic E-state index is 0.104. The molecular weight excluding hydrogens is 1150 g/mol. The van der Waals surface area contributed by atoms with Gasteiger partial charge in [-0.1, -0.05) is 280 Å². The highest BCUT2D eigenvalue weighted by Gasteiger charge is 2.30. The average Bonchev–Trinajstić information content (AvgIpc) is 3.70. The Labute approximate surface area is 530 Å². The van der Waals surface area contributed by atoms with E-state index < -0.39 is 97.5 Å². The molecule has 8 atom stereocenters. The van der Waals surface area contributed by atoms with E-state index in [1.54, 1.807) is 0 Å². The summed E-state index contributed by atoms with van der Waals surface area (Å²) in [6.07, 6.45) is 38.9. The minimum atomic E-state index is -4.95. The first kappa shape index (κ1) is 85.1. The van der Waals surface area contributed by atoms with Crippen LogP contribution in [0, 0.1) is 23.7 Å². The summed E-state index contributed by atoms with van der Waals surface area (Å²) < 4.78 is 68.2. The summed E-state index contributed by atoms with van der Waals surface area (Å²) in [4.78, 5) is 72.4. The standard InChI is InChI=1S/C68H132O17P2/c1-9-59(6)45-37-29-20-16-12-14-18-22-34-42-50-67(72)84-63(54-78-65(70)48-40-32-26-24-28-36-44-58(4)5)56-82-86(74,75)80-52-62(69)53-81-87(76,77)83-57-64(55-79-66(71)49-41-33-27-25-31-39-47-61(8)11-3)85-68(73)51-43-35-23-19-15-13-17-21-30-38-46-60(7)10-2/h58-64,69H,9-57H2,1-8H3,(H,74,75)(H,76,77)/t59?,60?,61?,62-,63-,64-/m1/s1. The number of ether oxygens (including phenoxy) is 4. The van der Waals surface area contributed by atoms with Crippen LogP contribution in [0.2, 0.25) is 0 Å². The molecule has 5 unspecified atom stereocenters. The van der Waals surface area contributed by atoms with Crippen molar-refractivity contribution < 1.29 is 80.2 Å². The van der Waals surface area contributed by atoms with Crippen LogP contribution in [0.15, 0.2) is 0 Å². The third-order valence-corrected chi connectivity index (χ3v) is 18.6. The van der Waals surface area contributed by atoms with Crippen molar-refractivity contribution in [3.8, 4) is 0 Å². The number of aliphatic hydroxyl groups excluding tert-OH is 1. The smallest absolute Gasteiger partial charge is 0.462 e. The topological polar surface area (TPSA) is 237 Å². The molecule has 516 valence electrons. The van der Waals surface area contributed by atoms with E-state index in [-0.39, 0.29) is 25.7 Å². The maximum absolute atomic E-state index is 13.0. The number of rotatable bonds is 65. The maximum Gasteiger partial charge on any atom is 0.472 e. The van der Waals surface area contributed by atoms with Crippen molar-refractivity contribution >= 4 is 39.5 Å². The predicted molar refractivity (Wildman–Crippen MR) is 349 cm³/mol. The summed E-state index contributed by atoms with van der Waals surface area (Å²) in [5.74, 6) is 0.881. The second kappa shape index (κ2) is 57.9. The lowest BCUT2D eigenvalue weighted by Crippen LogP contribution is -2.30. The molecule has 0 aromatic carbocycles. The first-order valence-corrected chi connectivity index (χ1v) is 38.3. The number of phosphoric acid groups is 2. The first-order chi connectivity index (χ1) is 41.7. The molecule has 0 rings (SSSR count). The molecule has 0 aliphatic heterocycles. The Morgan fingerprint density at radius 1 is 0.322 bits per heavy atom. The van der Waals surface area contributed by atoms with Gasteiger partial charge in [-0.05, 0) is 49.4 Å². The summed E-state index contributed by atoms with van der Waals surface area (Å²) in [5.41, 5.74) is 0. The number of phosphoric ester groups is 2. The van der Waals surface area contributed by atoms with E-state index in [4.69, 9.17) is 37.0 Å². The van der Waals surface area contributed by atoms with E-state index in [9.17, 15) is 43.2 Å².